The molecule has 4 rings (SSSR count). The van der Waals surface area contributed by atoms with Gasteiger partial charge in [-0.1, -0.05) is 55.5 Å². The van der Waals surface area contributed by atoms with Gasteiger partial charge in [-0.05, 0) is 53.4 Å². The van der Waals surface area contributed by atoms with Crippen LogP contribution in [0, 0.1) is 11.8 Å². The average molecular weight is 465 g/mol. The van der Waals surface area contributed by atoms with E-state index in [-0.39, 0.29) is 30.8 Å². The number of carboxylic acids is 1. The van der Waals surface area contributed by atoms with Crippen molar-refractivity contribution in [2.45, 2.75) is 44.6 Å². The summed E-state index contributed by atoms with van der Waals surface area (Å²) < 4.78 is 5.61. The van der Waals surface area contributed by atoms with E-state index in [0.717, 1.165) is 24.0 Å². The average Bonchev–Trinajstić information content (AvgIpc) is 3.63. The first-order valence-electron chi connectivity index (χ1n) is 12.0. The molecular weight excluding hydrogens is 432 g/mol. The number of carbonyl (C=O) groups excluding carboxylic acids is 2. The van der Waals surface area contributed by atoms with Gasteiger partial charge in [0.15, 0.2) is 0 Å². The molecule has 1 saturated carbocycles. The number of fused-ring (bicyclic) bond motifs is 3. The highest BCUT2D eigenvalue weighted by Gasteiger charge is 2.35. The molecule has 2 aliphatic rings. The Hall–Kier alpha value is -3.35. The van der Waals surface area contributed by atoms with Crippen LogP contribution in [0.1, 0.15) is 49.7 Å². The van der Waals surface area contributed by atoms with Crippen molar-refractivity contribution in [2.24, 2.45) is 11.8 Å². The molecule has 0 radical (unpaired) electrons. The summed E-state index contributed by atoms with van der Waals surface area (Å²) in [7, 11) is 1.54. The number of alkyl carbamates (subject to hydrolysis) is 1. The van der Waals surface area contributed by atoms with Crippen LogP contribution in [0.5, 0.6) is 0 Å². The smallest absolute Gasteiger partial charge is 0.407 e. The molecule has 180 valence electrons. The maximum absolute atomic E-state index is 12.7. The number of nitrogens with one attached hydrogen (secondary N) is 1. The van der Waals surface area contributed by atoms with Crippen LogP contribution in [0.4, 0.5) is 4.79 Å². The highest BCUT2D eigenvalue weighted by Crippen LogP contribution is 2.44. The Morgan fingerprint density at radius 1 is 1.06 bits per heavy atom. The van der Waals surface area contributed by atoms with Crippen LogP contribution in [0.2, 0.25) is 0 Å². The number of hydrogen-bond donors (Lipinski definition) is 2. The van der Waals surface area contributed by atoms with E-state index in [1.807, 2.05) is 24.3 Å². The van der Waals surface area contributed by atoms with E-state index in [0.29, 0.717) is 18.9 Å². The predicted octanol–water partition coefficient (Wildman–Crippen LogP) is 4.26. The zero-order chi connectivity index (χ0) is 24.2. The highest BCUT2D eigenvalue weighted by atomic mass is 16.5. The molecule has 2 unspecified atom stereocenters. The Bertz CT molecular complexity index is 1020. The van der Waals surface area contributed by atoms with Crippen LogP contribution >= 0.6 is 0 Å². The predicted molar refractivity (Wildman–Crippen MR) is 128 cm³/mol. The lowest BCUT2D eigenvalue weighted by Gasteiger charge is -2.26. The first-order valence-corrected chi connectivity index (χ1v) is 12.0. The van der Waals surface area contributed by atoms with Crippen LogP contribution < -0.4 is 5.32 Å². The van der Waals surface area contributed by atoms with Gasteiger partial charge in [-0.25, -0.2) is 9.59 Å². The van der Waals surface area contributed by atoms with Gasteiger partial charge in [-0.15, -0.1) is 0 Å². The SMILES string of the molecule is CCC(C(=O)O)N(C)C(=O)CC(CNC(=O)OCC1c2ccccc2-c2ccccc21)C1CC1. The molecule has 2 aromatic carbocycles. The van der Waals surface area contributed by atoms with Crippen molar-refractivity contribution in [1.82, 2.24) is 10.2 Å². The van der Waals surface area contributed by atoms with Gasteiger partial charge in [-0.3, -0.25) is 4.79 Å². The lowest BCUT2D eigenvalue weighted by molar-refractivity contribution is -0.149. The van der Waals surface area contributed by atoms with E-state index < -0.39 is 18.1 Å². The first-order chi connectivity index (χ1) is 16.4. The molecule has 1 fully saturated rings. The molecule has 34 heavy (non-hydrogen) atoms. The molecule has 0 heterocycles. The van der Waals surface area contributed by atoms with E-state index >= 15 is 0 Å². The molecule has 7 heteroatoms. The largest absolute Gasteiger partial charge is 0.480 e. The van der Waals surface area contributed by atoms with Gasteiger partial charge in [0.1, 0.15) is 12.6 Å². The third-order valence-corrected chi connectivity index (χ3v) is 7.11. The Labute approximate surface area is 200 Å². The summed E-state index contributed by atoms with van der Waals surface area (Å²) in [5, 5.41) is 12.2. The second kappa shape index (κ2) is 10.3. The third kappa shape index (κ3) is 5.08. The van der Waals surface area contributed by atoms with E-state index in [9.17, 15) is 19.5 Å². The lowest BCUT2D eigenvalue weighted by Crippen LogP contribution is -2.43. The van der Waals surface area contributed by atoms with Crippen LogP contribution in [0.3, 0.4) is 0 Å². The number of likely N-dealkylation sites (N-methyl/N-ethyl adjacent to an activating group) is 1. The Morgan fingerprint density at radius 2 is 1.65 bits per heavy atom. The fraction of sp³-hybridized carbons (Fsp3) is 0.444. The summed E-state index contributed by atoms with van der Waals surface area (Å²) in [5.41, 5.74) is 4.67. The van der Waals surface area contributed by atoms with Gasteiger partial charge < -0.3 is 20.1 Å². The van der Waals surface area contributed by atoms with Gasteiger partial charge in [-0.2, -0.15) is 0 Å². The minimum absolute atomic E-state index is 0.00500. The van der Waals surface area contributed by atoms with Gasteiger partial charge >= 0.3 is 12.1 Å². The Kier molecular flexibility index (Phi) is 7.20. The molecular formula is C27H32N2O5. The zero-order valence-corrected chi connectivity index (χ0v) is 19.7. The molecule has 7 nitrogen and oxygen atoms in total. The number of aliphatic carboxylic acids is 1. The molecule has 0 bridgehead atoms. The minimum atomic E-state index is -1.00. The normalized spacial score (nSPS) is 16.2. The fourth-order valence-corrected chi connectivity index (χ4v) is 4.99. The Morgan fingerprint density at radius 3 is 2.18 bits per heavy atom. The number of ether oxygens (including phenoxy) is 1. The summed E-state index contributed by atoms with van der Waals surface area (Å²) in [6.07, 6.45) is 2.11. The number of amides is 2. The van der Waals surface area contributed by atoms with Crippen molar-refractivity contribution < 1.29 is 24.2 Å². The van der Waals surface area contributed by atoms with Crippen molar-refractivity contribution in [3.63, 3.8) is 0 Å². The van der Waals surface area contributed by atoms with Crippen LogP contribution in [-0.2, 0) is 14.3 Å². The summed E-state index contributed by atoms with van der Waals surface area (Å²) in [6, 6.07) is 15.5. The van der Waals surface area contributed by atoms with Crippen molar-refractivity contribution >= 4 is 18.0 Å². The first kappa shape index (κ1) is 23.8. The van der Waals surface area contributed by atoms with Crippen LogP contribution in [-0.4, -0.2) is 54.2 Å². The second-order valence-electron chi connectivity index (χ2n) is 9.28. The molecule has 0 aromatic heterocycles. The standard InChI is InChI=1S/C27H32N2O5/c1-3-24(26(31)32)29(2)25(30)14-18(17-12-13-17)15-28-27(33)34-16-23-21-10-6-4-8-19(21)20-9-5-7-11-22(20)23/h4-11,17-18,23-24H,3,12-16H2,1-2H3,(H,28,33)(H,31,32). The number of rotatable bonds is 10. The molecule has 2 atom stereocenters. The maximum Gasteiger partial charge on any atom is 0.407 e. The highest BCUT2D eigenvalue weighted by molar-refractivity contribution is 5.83. The fourth-order valence-electron chi connectivity index (χ4n) is 4.99. The van der Waals surface area contributed by atoms with Crippen molar-refractivity contribution in [2.75, 3.05) is 20.2 Å². The molecule has 0 aliphatic heterocycles. The summed E-state index contributed by atoms with van der Waals surface area (Å²) >= 11 is 0. The van der Waals surface area contributed by atoms with E-state index in [1.54, 1.807) is 6.92 Å². The summed E-state index contributed by atoms with van der Waals surface area (Å²) in [6.45, 7) is 2.33. The van der Waals surface area contributed by atoms with Gasteiger partial charge in [0.2, 0.25) is 5.91 Å². The molecule has 2 N–H and O–H groups in total. The monoisotopic (exact) mass is 464 g/mol. The van der Waals surface area contributed by atoms with Gasteiger partial charge in [0, 0.05) is 25.9 Å². The third-order valence-electron chi connectivity index (χ3n) is 7.11. The second-order valence-corrected chi connectivity index (χ2v) is 9.28. The van der Waals surface area contributed by atoms with Crippen LogP contribution in [0.15, 0.2) is 48.5 Å². The number of carboxylic acid groups (broad SMARTS) is 1. The number of carbonyl (C=O) groups is 3. The minimum Gasteiger partial charge on any atom is -0.480 e. The van der Waals surface area contributed by atoms with Crippen molar-refractivity contribution in [1.29, 1.82) is 0 Å². The zero-order valence-electron chi connectivity index (χ0n) is 19.7. The maximum atomic E-state index is 12.7. The molecule has 2 amide bonds. The van der Waals surface area contributed by atoms with E-state index in [1.165, 1.54) is 23.1 Å². The van der Waals surface area contributed by atoms with Gasteiger partial charge in [0.05, 0.1) is 0 Å². The van der Waals surface area contributed by atoms with E-state index in [2.05, 4.69) is 29.6 Å². The van der Waals surface area contributed by atoms with Crippen molar-refractivity contribution in [3.8, 4) is 11.1 Å². The summed E-state index contributed by atoms with van der Waals surface area (Å²) in [4.78, 5) is 37.9. The van der Waals surface area contributed by atoms with E-state index in [4.69, 9.17) is 4.74 Å². The molecule has 2 aliphatic carbocycles. The quantitative estimate of drug-likeness (QED) is 0.548. The molecule has 0 saturated heterocycles. The van der Waals surface area contributed by atoms with Crippen LogP contribution in [0.25, 0.3) is 11.1 Å². The lowest BCUT2D eigenvalue weighted by atomic mass is 9.98. The van der Waals surface area contributed by atoms with Crippen molar-refractivity contribution in [3.05, 3.63) is 59.7 Å². The molecule has 0 spiro atoms. The Balaban J connectivity index is 1.32. The summed E-state index contributed by atoms with van der Waals surface area (Å²) in [5.74, 6) is -0.869. The number of nitrogens with zero attached hydrogens (tertiary/aromatic N) is 1. The number of benzene rings is 2. The van der Waals surface area contributed by atoms with Gasteiger partial charge in [0.25, 0.3) is 0 Å². The molecule has 2 aromatic rings. The number of hydrogen-bond acceptors (Lipinski definition) is 4. The topological polar surface area (TPSA) is 95.9 Å².